The summed E-state index contributed by atoms with van der Waals surface area (Å²) >= 11 is 0. The molecule has 0 aliphatic carbocycles. The van der Waals surface area contributed by atoms with Gasteiger partial charge < -0.3 is 4.90 Å². The molecule has 0 spiro atoms. The van der Waals surface area contributed by atoms with Crippen molar-refractivity contribution in [3.8, 4) is 0 Å². The number of hydrogen-bond donors (Lipinski definition) is 0. The molecule has 0 atom stereocenters. The van der Waals surface area contributed by atoms with Crippen LogP contribution in [0.5, 0.6) is 0 Å². The molecule has 3 nitrogen and oxygen atoms in total. The fourth-order valence-corrected chi connectivity index (χ4v) is 3.52. The Labute approximate surface area is 166 Å². The molecule has 0 N–H and O–H groups in total. The van der Waals surface area contributed by atoms with Gasteiger partial charge in [-0.3, -0.25) is 9.69 Å². The summed E-state index contributed by atoms with van der Waals surface area (Å²) in [6.45, 7) is 4.29. The lowest BCUT2D eigenvalue weighted by molar-refractivity contribution is 0.101. The van der Waals surface area contributed by atoms with Crippen LogP contribution in [0, 0.1) is 6.92 Å². The average molecular weight is 368 g/mol. The molecule has 0 amide bonds. The summed E-state index contributed by atoms with van der Waals surface area (Å²) in [5.41, 5.74) is 5.13. The second kappa shape index (κ2) is 8.24. The van der Waals surface area contributed by atoms with Crippen LogP contribution in [0.1, 0.15) is 21.5 Å². The molecule has 1 heterocycles. The highest BCUT2D eigenvalue weighted by molar-refractivity contribution is 6.09. The summed E-state index contributed by atoms with van der Waals surface area (Å²) in [6.07, 6.45) is 2.02. The normalized spacial score (nSPS) is 14.6. The maximum absolute atomic E-state index is 13.1. The van der Waals surface area contributed by atoms with Crippen molar-refractivity contribution in [1.29, 1.82) is 0 Å². The van der Waals surface area contributed by atoms with Crippen molar-refractivity contribution in [1.82, 2.24) is 4.90 Å². The van der Waals surface area contributed by atoms with Gasteiger partial charge in [-0.2, -0.15) is 0 Å². The second-order valence-corrected chi connectivity index (χ2v) is 7.27. The Bertz CT molecular complexity index is 962. The third-order valence-corrected chi connectivity index (χ3v) is 5.00. The van der Waals surface area contributed by atoms with Crippen LogP contribution in [0.3, 0.4) is 0 Å². The highest BCUT2D eigenvalue weighted by Crippen LogP contribution is 2.24. The first-order valence-corrected chi connectivity index (χ1v) is 9.59. The van der Waals surface area contributed by atoms with Crippen molar-refractivity contribution in [2.45, 2.75) is 13.5 Å². The molecule has 3 heteroatoms. The van der Waals surface area contributed by atoms with Gasteiger partial charge in [0.05, 0.1) is 6.67 Å². The number of hydrogen-bond acceptors (Lipinski definition) is 3. The van der Waals surface area contributed by atoms with Gasteiger partial charge in [-0.05, 0) is 24.6 Å². The van der Waals surface area contributed by atoms with Crippen LogP contribution in [0.25, 0.3) is 0 Å². The summed E-state index contributed by atoms with van der Waals surface area (Å²) in [4.78, 5) is 17.6. The zero-order valence-electron chi connectivity index (χ0n) is 16.1. The summed E-state index contributed by atoms with van der Waals surface area (Å²) in [5, 5.41) is 0. The number of Topliss-reactive ketones (excluding diaryl/α,β-unsaturated/α-hetero) is 1. The Balaban J connectivity index is 1.64. The molecule has 28 heavy (non-hydrogen) atoms. The molecule has 3 aromatic rings. The summed E-state index contributed by atoms with van der Waals surface area (Å²) < 4.78 is 0. The number of anilines is 1. The van der Waals surface area contributed by atoms with E-state index in [0.717, 1.165) is 30.0 Å². The zero-order valence-corrected chi connectivity index (χ0v) is 16.1. The molecule has 0 unspecified atom stereocenters. The quantitative estimate of drug-likeness (QED) is 0.589. The minimum Gasteiger partial charge on any atom is -0.334 e. The third-order valence-electron chi connectivity index (χ3n) is 5.00. The molecule has 0 bridgehead atoms. The van der Waals surface area contributed by atoms with Gasteiger partial charge in [0.15, 0.2) is 5.78 Å². The first kappa shape index (κ1) is 18.2. The maximum atomic E-state index is 13.1. The first-order chi connectivity index (χ1) is 13.7. The van der Waals surface area contributed by atoms with Crippen LogP contribution in [0.2, 0.25) is 0 Å². The highest BCUT2D eigenvalue weighted by atomic mass is 16.1. The van der Waals surface area contributed by atoms with Crippen LogP contribution in [0.4, 0.5) is 5.69 Å². The molecule has 140 valence electrons. The smallest absolute Gasteiger partial charge is 0.191 e. The number of carbonyl (C=O) groups is 1. The zero-order chi connectivity index (χ0) is 19.3. The van der Waals surface area contributed by atoms with Gasteiger partial charge in [0.1, 0.15) is 0 Å². The van der Waals surface area contributed by atoms with Gasteiger partial charge in [0, 0.05) is 36.1 Å². The minimum atomic E-state index is 0.0930. The van der Waals surface area contributed by atoms with E-state index in [1.807, 2.05) is 42.6 Å². The second-order valence-electron chi connectivity index (χ2n) is 7.27. The van der Waals surface area contributed by atoms with Crippen LogP contribution < -0.4 is 4.90 Å². The van der Waals surface area contributed by atoms with E-state index in [0.29, 0.717) is 6.54 Å². The summed E-state index contributed by atoms with van der Waals surface area (Å²) in [7, 11) is 0. The van der Waals surface area contributed by atoms with Crippen LogP contribution in [0.15, 0.2) is 96.7 Å². The number of carbonyl (C=O) groups excluding carboxylic acids is 1. The lowest BCUT2D eigenvalue weighted by atomic mass is 10.0. The van der Waals surface area contributed by atoms with E-state index in [1.165, 1.54) is 11.1 Å². The highest BCUT2D eigenvalue weighted by Gasteiger charge is 2.24. The molecule has 0 fully saturated rings. The predicted octanol–water partition coefficient (Wildman–Crippen LogP) is 5.04. The minimum absolute atomic E-state index is 0.0930. The fraction of sp³-hybridized carbons (Fsp3) is 0.160. The van der Waals surface area contributed by atoms with E-state index in [1.54, 1.807) is 0 Å². The van der Waals surface area contributed by atoms with E-state index >= 15 is 0 Å². The summed E-state index contributed by atoms with van der Waals surface area (Å²) in [5.74, 6) is 0.0930. The van der Waals surface area contributed by atoms with Crippen LogP contribution >= 0.6 is 0 Å². The topological polar surface area (TPSA) is 23.6 Å². The molecule has 0 saturated heterocycles. The molecular formula is C25H24N2O. The molecule has 0 aromatic heterocycles. The van der Waals surface area contributed by atoms with Gasteiger partial charge >= 0.3 is 0 Å². The molecular weight excluding hydrogens is 344 g/mol. The van der Waals surface area contributed by atoms with E-state index in [-0.39, 0.29) is 5.78 Å². The monoisotopic (exact) mass is 368 g/mol. The third kappa shape index (κ3) is 4.21. The first-order valence-electron chi connectivity index (χ1n) is 9.59. The number of aryl methyl sites for hydroxylation is 1. The molecule has 1 aliphatic heterocycles. The van der Waals surface area contributed by atoms with Gasteiger partial charge in [-0.1, -0.05) is 78.4 Å². The summed E-state index contributed by atoms with van der Waals surface area (Å²) in [6, 6.07) is 28.4. The number of benzene rings is 3. The van der Waals surface area contributed by atoms with Crippen molar-refractivity contribution < 1.29 is 4.79 Å². The Kier molecular flexibility index (Phi) is 5.36. The van der Waals surface area contributed by atoms with E-state index in [9.17, 15) is 4.79 Å². The number of ketones is 1. The van der Waals surface area contributed by atoms with Crippen molar-refractivity contribution in [3.63, 3.8) is 0 Å². The molecule has 1 aliphatic rings. The van der Waals surface area contributed by atoms with Crippen molar-refractivity contribution in [3.05, 3.63) is 113 Å². The molecule has 3 aromatic carbocycles. The Hall–Kier alpha value is -3.17. The largest absolute Gasteiger partial charge is 0.334 e. The number of nitrogens with zero attached hydrogens (tertiary/aromatic N) is 2. The number of rotatable bonds is 5. The SMILES string of the molecule is Cc1ccc(N2C=C(C(=O)c3ccccc3)CN(Cc3ccccc3)C2)cc1. The lowest BCUT2D eigenvalue weighted by Gasteiger charge is -2.35. The predicted molar refractivity (Wildman–Crippen MR) is 114 cm³/mol. The van der Waals surface area contributed by atoms with Crippen molar-refractivity contribution >= 4 is 11.5 Å². The molecule has 4 rings (SSSR count). The maximum Gasteiger partial charge on any atom is 0.191 e. The fourth-order valence-electron chi connectivity index (χ4n) is 3.52. The average Bonchev–Trinajstić information content (AvgIpc) is 2.75. The molecule has 0 radical (unpaired) electrons. The van der Waals surface area contributed by atoms with Gasteiger partial charge in [-0.15, -0.1) is 0 Å². The van der Waals surface area contributed by atoms with Gasteiger partial charge in [-0.25, -0.2) is 0 Å². The Morgan fingerprint density at radius 3 is 2.18 bits per heavy atom. The van der Waals surface area contributed by atoms with Crippen molar-refractivity contribution in [2.75, 3.05) is 18.1 Å². The van der Waals surface area contributed by atoms with E-state index in [2.05, 4.69) is 65.3 Å². The Morgan fingerprint density at radius 2 is 1.50 bits per heavy atom. The van der Waals surface area contributed by atoms with Crippen LogP contribution in [-0.2, 0) is 6.54 Å². The lowest BCUT2D eigenvalue weighted by Crippen LogP contribution is -2.41. The van der Waals surface area contributed by atoms with E-state index in [4.69, 9.17) is 0 Å². The van der Waals surface area contributed by atoms with Gasteiger partial charge in [0.2, 0.25) is 0 Å². The van der Waals surface area contributed by atoms with Crippen molar-refractivity contribution in [2.24, 2.45) is 0 Å². The molecule has 0 saturated carbocycles. The standard InChI is InChI=1S/C25H24N2O/c1-20-12-14-24(15-13-20)27-18-23(25(28)22-10-6-3-7-11-22)17-26(19-27)16-21-8-4-2-5-9-21/h2-15,18H,16-17,19H2,1H3. The van der Waals surface area contributed by atoms with E-state index < -0.39 is 0 Å². The van der Waals surface area contributed by atoms with Crippen LogP contribution in [-0.4, -0.2) is 23.9 Å². The van der Waals surface area contributed by atoms with Gasteiger partial charge in [0.25, 0.3) is 0 Å². The Morgan fingerprint density at radius 1 is 0.857 bits per heavy atom.